The highest BCUT2D eigenvalue weighted by Gasteiger charge is 2.17. The summed E-state index contributed by atoms with van der Waals surface area (Å²) in [7, 11) is 1.58. The number of methoxy groups -OCH3 is 1. The molecule has 0 fully saturated rings. The van der Waals surface area contributed by atoms with E-state index in [0.717, 1.165) is 5.56 Å². The number of aromatic amines is 1. The Bertz CT molecular complexity index is 909. The minimum Gasteiger partial charge on any atom is -0.497 e. The largest absolute Gasteiger partial charge is 0.497 e. The Kier molecular flexibility index (Phi) is 4.08. The van der Waals surface area contributed by atoms with Crippen molar-refractivity contribution in [3.8, 4) is 22.8 Å². The van der Waals surface area contributed by atoms with Crippen LogP contribution in [0.2, 0.25) is 0 Å². The standard InChI is InChI=1S/C15H14N6O3/c1-24-10-4-2-9(3-5-10)12-8-11(15(23)17-16)20-21(12)13-6-7-14(22)19-18-13/h2-8H,16H2,1H3,(H,17,23)(H,19,22). The molecule has 0 spiro atoms. The second-order valence-electron chi connectivity index (χ2n) is 4.81. The monoisotopic (exact) mass is 326 g/mol. The van der Waals surface area contributed by atoms with Crippen LogP contribution in [-0.2, 0) is 0 Å². The summed E-state index contributed by atoms with van der Waals surface area (Å²) >= 11 is 0. The van der Waals surface area contributed by atoms with Gasteiger partial charge in [0.15, 0.2) is 11.5 Å². The van der Waals surface area contributed by atoms with Gasteiger partial charge in [-0.25, -0.2) is 15.6 Å². The van der Waals surface area contributed by atoms with E-state index in [-0.39, 0.29) is 11.3 Å². The van der Waals surface area contributed by atoms with E-state index in [0.29, 0.717) is 17.3 Å². The lowest BCUT2D eigenvalue weighted by molar-refractivity contribution is 0.0948. The van der Waals surface area contributed by atoms with Crippen LogP contribution in [0, 0.1) is 0 Å². The second kappa shape index (κ2) is 6.34. The fourth-order valence-corrected chi connectivity index (χ4v) is 2.16. The number of benzene rings is 1. The molecule has 9 heteroatoms. The number of hydrogen-bond acceptors (Lipinski definition) is 6. The van der Waals surface area contributed by atoms with Gasteiger partial charge in [-0.3, -0.25) is 15.0 Å². The SMILES string of the molecule is COc1ccc(-c2cc(C(=O)NN)nn2-c2ccc(=O)[nH]n2)cc1. The number of carbonyl (C=O) groups is 1. The lowest BCUT2D eigenvalue weighted by Gasteiger charge is -2.06. The molecule has 0 atom stereocenters. The van der Waals surface area contributed by atoms with Crippen LogP contribution in [0.15, 0.2) is 47.3 Å². The molecule has 3 aromatic rings. The summed E-state index contributed by atoms with van der Waals surface area (Å²) in [5.41, 5.74) is 3.22. The molecule has 1 aromatic carbocycles. The third kappa shape index (κ3) is 2.88. The fourth-order valence-electron chi connectivity index (χ4n) is 2.16. The molecule has 0 aliphatic rings. The maximum Gasteiger partial charge on any atom is 0.285 e. The van der Waals surface area contributed by atoms with Gasteiger partial charge in [-0.1, -0.05) is 0 Å². The molecule has 0 saturated heterocycles. The zero-order valence-corrected chi connectivity index (χ0v) is 12.7. The van der Waals surface area contributed by atoms with Crippen LogP contribution in [0.5, 0.6) is 5.75 Å². The molecule has 9 nitrogen and oxygen atoms in total. The average Bonchev–Trinajstić information content (AvgIpc) is 3.07. The van der Waals surface area contributed by atoms with E-state index in [4.69, 9.17) is 10.6 Å². The molecule has 0 radical (unpaired) electrons. The Balaban J connectivity index is 2.14. The Labute approximate surface area is 136 Å². The van der Waals surface area contributed by atoms with Crippen LogP contribution in [0.4, 0.5) is 0 Å². The molecule has 2 aromatic heterocycles. The highest BCUT2D eigenvalue weighted by molar-refractivity contribution is 5.93. The van der Waals surface area contributed by atoms with Gasteiger partial charge in [-0.2, -0.15) is 10.2 Å². The third-order valence-corrected chi connectivity index (χ3v) is 3.34. The number of nitrogen functional groups attached to an aromatic ring is 1. The van der Waals surface area contributed by atoms with Crippen molar-refractivity contribution in [1.29, 1.82) is 0 Å². The maximum absolute atomic E-state index is 11.8. The lowest BCUT2D eigenvalue weighted by Crippen LogP contribution is -2.30. The van der Waals surface area contributed by atoms with E-state index in [9.17, 15) is 9.59 Å². The quantitative estimate of drug-likeness (QED) is 0.358. The number of ether oxygens (including phenoxy) is 1. The number of hydrazine groups is 1. The summed E-state index contributed by atoms with van der Waals surface area (Å²) in [6.07, 6.45) is 0. The van der Waals surface area contributed by atoms with Gasteiger partial charge in [0, 0.05) is 11.6 Å². The number of rotatable bonds is 4. The smallest absolute Gasteiger partial charge is 0.285 e. The predicted octanol–water partition coefficient (Wildman–Crippen LogP) is 0.235. The van der Waals surface area contributed by atoms with Gasteiger partial charge < -0.3 is 4.74 Å². The Morgan fingerprint density at radius 2 is 2.00 bits per heavy atom. The first-order valence-corrected chi connectivity index (χ1v) is 6.94. The minimum absolute atomic E-state index is 0.122. The van der Waals surface area contributed by atoms with Crippen molar-refractivity contribution in [2.75, 3.05) is 7.11 Å². The van der Waals surface area contributed by atoms with E-state index < -0.39 is 5.91 Å². The van der Waals surface area contributed by atoms with Crippen LogP contribution >= 0.6 is 0 Å². The van der Waals surface area contributed by atoms with Gasteiger partial charge in [-0.05, 0) is 36.4 Å². The summed E-state index contributed by atoms with van der Waals surface area (Å²) in [5.74, 6) is 5.69. The van der Waals surface area contributed by atoms with Gasteiger partial charge in [0.05, 0.1) is 12.8 Å². The minimum atomic E-state index is -0.534. The van der Waals surface area contributed by atoms with Crippen molar-refractivity contribution in [3.05, 3.63) is 58.5 Å². The maximum atomic E-state index is 11.8. The van der Waals surface area contributed by atoms with E-state index in [1.165, 1.54) is 16.8 Å². The number of nitrogens with one attached hydrogen (secondary N) is 2. The average molecular weight is 326 g/mol. The molecule has 2 heterocycles. The first-order chi connectivity index (χ1) is 11.6. The van der Waals surface area contributed by atoms with Gasteiger partial charge in [0.1, 0.15) is 5.75 Å². The number of nitrogens with zero attached hydrogens (tertiary/aromatic N) is 3. The van der Waals surface area contributed by atoms with Crippen LogP contribution < -0.4 is 21.6 Å². The molecule has 4 N–H and O–H groups in total. The lowest BCUT2D eigenvalue weighted by atomic mass is 10.1. The summed E-state index contributed by atoms with van der Waals surface area (Å²) < 4.78 is 6.59. The van der Waals surface area contributed by atoms with Crippen LogP contribution in [-0.4, -0.2) is 33.0 Å². The molecule has 0 unspecified atom stereocenters. The van der Waals surface area contributed by atoms with Crippen molar-refractivity contribution < 1.29 is 9.53 Å². The predicted molar refractivity (Wildman–Crippen MR) is 85.6 cm³/mol. The summed E-state index contributed by atoms with van der Waals surface area (Å²) in [6.45, 7) is 0. The van der Waals surface area contributed by atoms with E-state index in [1.54, 1.807) is 25.3 Å². The second-order valence-corrected chi connectivity index (χ2v) is 4.81. The number of carbonyl (C=O) groups excluding carboxylic acids is 1. The Morgan fingerprint density at radius 3 is 2.58 bits per heavy atom. The molecule has 0 aliphatic carbocycles. The van der Waals surface area contributed by atoms with Crippen molar-refractivity contribution in [2.24, 2.45) is 5.84 Å². The van der Waals surface area contributed by atoms with Gasteiger partial charge in [-0.15, -0.1) is 0 Å². The highest BCUT2D eigenvalue weighted by Crippen LogP contribution is 2.25. The number of aromatic nitrogens is 4. The molecule has 1 amide bonds. The topological polar surface area (TPSA) is 128 Å². The van der Waals surface area contributed by atoms with Crippen molar-refractivity contribution in [1.82, 2.24) is 25.4 Å². The molecular formula is C15H14N6O3. The fraction of sp³-hybridized carbons (Fsp3) is 0.0667. The van der Waals surface area contributed by atoms with Crippen LogP contribution in [0.3, 0.4) is 0 Å². The van der Waals surface area contributed by atoms with Crippen molar-refractivity contribution in [3.63, 3.8) is 0 Å². The van der Waals surface area contributed by atoms with Gasteiger partial charge in [0.25, 0.3) is 11.5 Å². The molecule has 0 aliphatic heterocycles. The highest BCUT2D eigenvalue weighted by atomic mass is 16.5. The van der Waals surface area contributed by atoms with E-state index in [1.807, 2.05) is 17.6 Å². The van der Waals surface area contributed by atoms with Crippen LogP contribution in [0.1, 0.15) is 10.5 Å². The number of amides is 1. The van der Waals surface area contributed by atoms with E-state index >= 15 is 0 Å². The normalized spacial score (nSPS) is 10.4. The zero-order valence-electron chi connectivity index (χ0n) is 12.7. The Hall–Kier alpha value is -3.46. The van der Waals surface area contributed by atoms with Gasteiger partial charge in [0.2, 0.25) is 0 Å². The number of nitrogens with two attached hydrogens (primary N) is 1. The number of H-pyrrole nitrogens is 1. The van der Waals surface area contributed by atoms with Crippen molar-refractivity contribution >= 4 is 5.91 Å². The molecule has 24 heavy (non-hydrogen) atoms. The first kappa shape index (κ1) is 15.4. The molecule has 0 bridgehead atoms. The molecule has 0 saturated carbocycles. The van der Waals surface area contributed by atoms with Gasteiger partial charge >= 0.3 is 0 Å². The molecule has 3 rings (SSSR count). The Morgan fingerprint density at radius 1 is 1.25 bits per heavy atom. The zero-order chi connectivity index (χ0) is 17.1. The third-order valence-electron chi connectivity index (χ3n) is 3.34. The van der Waals surface area contributed by atoms with Crippen LogP contribution in [0.25, 0.3) is 17.1 Å². The first-order valence-electron chi connectivity index (χ1n) is 6.94. The summed E-state index contributed by atoms with van der Waals surface area (Å²) in [5, 5.41) is 10.5. The number of hydrogen-bond donors (Lipinski definition) is 3. The van der Waals surface area contributed by atoms with E-state index in [2.05, 4.69) is 15.3 Å². The summed E-state index contributed by atoms with van der Waals surface area (Å²) in [4.78, 5) is 23.0. The molecular weight excluding hydrogens is 312 g/mol. The summed E-state index contributed by atoms with van der Waals surface area (Å²) in [6, 6.07) is 11.6. The molecule has 122 valence electrons. The van der Waals surface area contributed by atoms with Crippen molar-refractivity contribution in [2.45, 2.75) is 0 Å².